The summed E-state index contributed by atoms with van der Waals surface area (Å²) in [5, 5.41) is 13.6. The van der Waals surface area contributed by atoms with Gasteiger partial charge in [-0.25, -0.2) is 0 Å². The monoisotopic (exact) mass is 281 g/mol. The molecule has 0 heterocycles. The second-order valence-corrected chi connectivity index (χ2v) is 4.09. The minimum atomic E-state index is -0.589. The molecule has 0 bridgehead atoms. The van der Waals surface area contributed by atoms with Crippen LogP contribution >= 0.6 is 11.6 Å². The minimum absolute atomic E-state index is 0.00111. The van der Waals surface area contributed by atoms with E-state index < -0.39 is 4.92 Å². The molecule has 1 amide bonds. The Labute approximate surface area is 115 Å². The summed E-state index contributed by atoms with van der Waals surface area (Å²) < 4.78 is 0. The first-order valence-corrected chi connectivity index (χ1v) is 5.76. The maximum atomic E-state index is 10.7. The van der Waals surface area contributed by atoms with Gasteiger partial charge in [0.25, 0.3) is 5.69 Å². The van der Waals surface area contributed by atoms with Crippen molar-refractivity contribution >= 4 is 28.9 Å². The highest BCUT2D eigenvalue weighted by Gasteiger charge is 2.14. The van der Waals surface area contributed by atoms with Gasteiger partial charge in [0.15, 0.2) is 0 Å². The zero-order chi connectivity index (χ0) is 14.4. The number of nitrogens with zero attached hydrogens (tertiary/aromatic N) is 1. The lowest BCUT2D eigenvalue weighted by molar-refractivity contribution is -0.383. The van der Waals surface area contributed by atoms with E-state index in [0.29, 0.717) is 18.5 Å². The molecule has 0 aliphatic heterocycles. The van der Waals surface area contributed by atoms with Crippen LogP contribution in [0.3, 0.4) is 0 Å². The van der Waals surface area contributed by atoms with Gasteiger partial charge in [-0.2, -0.15) is 0 Å². The Morgan fingerprint density at radius 3 is 2.84 bits per heavy atom. The first kappa shape index (κ1) is 14.8. The van der Waals surface area contributed by atoms with Crippen molar-refractivity contribution in [1.82, 2.24) is 5.32 Å². The van der Waals surface area contributed by atoms with Crippen molar-refractivity contribution in [3.05, 3.63) is 32.8 Å². The number of nitrogens with one attached hydrogen (secondary N) is 1. The normalized spacial score (nSPS) is 9.37. The van der Waals surface area contributed by atoms with Gasteiger partial charge in [-0.3, -0.25) is 14.9 Å². The summed E-state index contributed by atoms with van der Waals surface area (Å²) in [6, 6.07) is 2.54. The SMILES string of the molecule is CC(=O)NCCC#Cc1cc([N+](=O)[O-])c(N)cc1Cl. The summed E-state index contributed by atoms with van der Waals surface area (Å²) in [6.07, 6.45) is 0.425. The van der Waals surface area contributed by atoms with E-state index in [1.54, 1.807) is 0 Å². The molecule has 100 valence electrons. The van der Waals surface area contributed by atoms with Crippen molar-refractivity contribution < 1.29 is 9.72 Å². The Bertz CT molecular complexity index is 576. The van der Waals surface area contributed by atoms with Crippen LogP contribution in [0.2, 0.25) is 5.02 Å². The van der Waals surface area contributed by atoms with E-state index in [4.69, 9.17) is 17.3 Å². The van der Waals surface area contributed by atoms with Gasteiger partial charge in [0.05, 0.1) is 15.5 Å². The van der Waals surface area contributed by atoms with Crippen LogP contribution < -0.4 is 11.1 Å². The minimum Gasteiger partial charge on any atom is -0.393 e. The Morgan fingerprint density at radius 1 is 1.58 bits per heavy atom. The van der Waals surface area contributed by atoms with E-state index in [1.165, 1.54) is 19.1 Å². The molecule has 0 saturated carbocycles. The van der Waals surface area contributed by atoms with Gasteiger partial charge in [0.1, 0.15) is 5.69 Å². The summed E-state index contributed by atoms with van der Waals surface area (Å²) in [4.78, 5) is 20.8. The van der Waals surface area contributed by atoms with Gasteiger partial charge in [-0.1, -0.05) is 23.4 Å². The lowest BCUT2D eigenvalue weighted by Crippen LogP contribution is -2.20. The lowest BCUT2D eigenvalue weighted by Gasteiger charge is -2.00. The molecule has 0 aliphatic carbocycles. The van der Waals surface area contributed by atoms with Crippen LogP contribution in [0, 0.1) is 22.0 Å². The Balaban J connectivity index is 2.84. The predicted octanol–water partition coefficient (Wildman–Crippen LogP) is 1.71. The topological polar surface area (TPSA) is 98.3 Å². The molecule has 0 atom stereocenters. The largest absolute Gasteiger partial charge is 0.393 e. The van der Waals surface area contributed by atoms with Gasteiger partial charge in [-0.15, -0.1) is 0 Å². The maximum Gasteiger partial charge on any atom is 0.293 e. The molecule has 0 aliphatic rings. The van der Waals surface area contributed by atoms with E-state index >= 15 is 0 Å². The van der Waals surface area contributed by atoms with Crippen LogP contribution in [0.4, 0.5) is 11.4 Å². The molecular weight excluding hydrogens is 270 g/mol. The fourth-order valence-electron chi connectivity index (χ4n) is 1.29. The third-order valence-electron chi connectivity index (χ3n) is 2.16. The van der Waals surface area contributed by atoms with Crippen LogP contribution in [0.25, 0.3) is 0 Å². The van der Waals surface area contributed by atoms with Crippen molar-refractivity contribution in [2.45, 2.75) is 13.3 Å². The van der Waals surface area contributed by atoms with Crippen molar-refractivity contribution in [3.8, 4) is 11.8 Å². The predicted molar refractivity (Wildman–Crippen MR) is 72.7 cm³/mol. The number of nitrogens with two attached hydrogens (primary N) is 1. The molecule has 0 saturated heterocycles. The number of anilines is 1. The van der Waals surface area contributed by atoms with Crippen molar-refractivity contribution in [2.24, 2.45) is 0 Å². The molecule has 1 aromatic carbocycles. The first-order chi connectivity index (χ1) is 8.91. The number of hydrogen-bond acceptors (Lipinski definition) is 4. The average Bonchev–Trinajstić information content (AvgIpc) is 2.30. The molecule has 7 heteroatoms. The van der Waals surface area contributed by atoms with Gasteiger partial charge >= 0.3 is 0 Å². The zero-order valence-corrected chi connectivity index (χ0v) is 11.0. The number of nitro benzene ring substituents is 1. The molecule has 1 rings (SSSR count). The first-order valence-electron chi connectivity index (χ1n) is 5.38. The Morgan fingerprint density at radius 2 is 2.26 bits per heavy atom. The molecule has 6 nitrogen and oxygen atoms in total. The molecule has 3 N–H and O–H groups in total. The number of nitro groups is 1. The van der Waals surface area contributed by atoms with Gasteiger partial charge in [-0.05, 0) is 6.07 Å². The number of rotatable bonds is 3. The van der Waals surface area contributed by atoms with Gasteiger partial charge < -0.3 is 11.1 Å². The Kier molecular flexibility index (Phi) is 5.15. The van der Waals surface area contributed by atoms with E-state index in [1.807, 2.05) is 0 Å². The van der Waals surface area contributed by atoms with Crippen molar-refractivity contribution in [1.29, 1.82) is 0 Å². The number of benzene rings is 1. The summed E-state index contributed by atoms with van der Waals surface area (Å²) >= 11 is 5.89. The highest BCUT2D eigenvalue weighted by molar-refractivity contribution is 6.32. The molecule has 1 aromatic rings. The van der Waals surface area contributed by atoms with Crippen LogP contribution in [-0.2, 0) is 4.79 Å². The molecule has 0 fully saturated rings. The highest BCUT2D eigenvalue weighted by atomic mass is 35.5. The van der Waals surface area contributed by atoms with Gasteiger partial charge in [0, 0.05) is 26.0 Å². The molecular formula is C12H12ClN3O3. The Hall–Kier alpha value is -2.26. The van der Waals surface area contributed by atoms with Gasteiger partial charge in [0.2, 0.25) is 5.91 Å². The summed E-state index contributed by atoms with van der Waals surface area (Å²) in [5.74, 6) is 5.35. The fourth-order valence-corrected chi connectivity index (χ4v) is 1.51. The quantitative estimate of drug-likeness (QED) is 0.290. The number of halogens is 1. The molecule has 0 radical (unpaired) electrons. The van der Waals surface area contributed by atoms with Crippen LogP contribution in [0.5, 0.6) is 0 Å². The van der Waals surface area contributed by atoms with Crippen molar-refractivity contribution in [3.63, 3.8) is 0 Å². The smallest absolute Gasteiger partial charge is 0.293 e. The molecule has 0 aromatic heterocycles. The van der Waals surface area contributed by atoms with Crippen molar-refractivity contribution in [2.75, 3.05) is 12.3 Å². The number of amides is 1. The average molecular weight is 282 g/mol. The third-order valence-corrected chi connectivity index (χ3v) is 2.47. The highest BCUT2D eigenvalue weighted by Crippen LogP contribution is 2.28. The number of carbonyl (C=O) groups excluding carboxylic acids is 1. The van der Waals surface area contributed by atoms with Crippen LogP contribution in [0.15, 0.2) is 12.1 Å². The van der Waals surface area contributed by atoms with Crippen LogP contribution in [-0.4, -0.2) is 17.4 Å². The zero-order valence-electron chi connectivity index (χ0n) is 10.2. The molecule has 0 spiro atoms. The third kappa shape index (κ3) is 4.48. The standard InChI is InChI=1S/C12H12ClN3O3/c1-8(17)15-5-3-2-4-9-6-12(16(18)19)11(14)7-10(9)13/h6-7H,3,5,14H2,1H3,(H,15,17). The summed E-state index contributed by atoms with van der Waals surface area (Å²) in [5.41, 5.74) is 5.59. The summed E-state index contributed by atoms with van der Waals surface area (Å²) in [7, 11) is 0. The number of hydrogen-bond donors (Lipinski definition) is 2. The number of nitrogen functional groups attached to an aromatic ring is 1. The molecule has 0 unspecified atom stereocenters. The fraction of sp³-hybridized carbons (Fsp3) is 0.250. The maximum absolute atomic E-state index is 10.7. The van der Waals surface area contributed by atoms with E-state index in [-0.39, 0.29) is 22.3 Å². The van der Waals surface area contributed by atoms with E-state index in [2.05, 4.69) is 17.2 Å². The lowest BCUT2D eigenvalue weighted by atomic mass is 10.1. The van der Waals surface area contributed by atoms with Crippen LogP contribution in [0.1, 0.15) is 18.9 Å². The number of carbonyl (C=O) groups is 1. The molecule has 19 heavy (non-hydrogen) atoms. The summed E-state index contributed by atoms with van der Waals surface area (Å²) in [6.45, 7) is 1.82. The second kappa shape index (κ2) is 6.61. The van der Waals surface area contributed by atoms with E-state index in [0.717, 1.165) is 0 Å². The second-order valence-electron chi connectivity index (χ2n) is 3.68. The van der Waals surface area contributed by atoms with E-state index in [9.17, 15) is 14.9 Å².